The van der Waals surface area contributed by atoms with E-state index in [2.05, 4.69) is 0 Å². The van der Waals surface area contributed by atoms with Crippen LogP contribution in [0.2, 0.25) is 0 Å². The average molecular weight is 599 g/mol. The van der Waals surface area contributed by atoms with Gasteiger partial charge >= 0.3 is 0 Å². The minimum absolute atomic E-state index is 0.0169. The molecular weight excluding hydrogens is 560 g/mol. The van der Waals surface area contributed by atoms with Crippen LogP contribution in [0.3, 0.4) is 0 Å². The fourth-order valence-corrected chi connectivity index (χ4v) is 6.17. The molecule has 3 aliphatic heterocycles. The van der Waals surface area contributed by atoms with E-state index in [9.17, 15) is 14.7 Å². The Morgan fingerprint density at radius 3 is 2.57 bits per heavy atom. The van der Waals surface area contributed by atoms with E-state index >= 15 is 0 Å². The second-order valence-electron chi connectivity index (χ2n) is 11.5. The van der Waals surface area contributed by atoms with Crippen molar-refractivity contribution in [3.05, 3.63) is 94.6 Å². The molecule has 3 aliphatic rings. The third-order valence-electron chi connectivity index (χ3n) is 8.41. The molecule has 0 saturated carbocycles. The molecule has 0 aromatic heterocycles. The fourth-order valence-electron chi connectivity index (χ4n) is 6.17. The van der Waals surface area contributed by atoms with Crippen LogP contribution in [-0.2, 0) is 27.4 Å². The maximum Gasteiger partial charge on any atom is 0.295 e. The number of amides is 1. The Morgan fingerprint density at radius 2 is 1.80 bits per heavy atom. The van der Waals surface area contributed by atoms with Gasteiger partial charge in [0.05, 0.1) is 39.0 Å². The summed E-state index contributed by atoms with van der Waals surface area (Å²) in [6.45, 7) is 8.54. The first-order valence-corrected chi connectivity index (χ1v) is 15.3. The lowest BCUT2D eigenvalue weighted by atomic mass is 9.94. The highest BCUT2D eigenvalue weighted by molar-refractivity contribution is 6.46. The van der Waals surface area contributed by atoms with E-state index in [1.807, 2.05) is 50.2 Å². The first kappa shape index (κ1) is 29.7. The number of benzene rings is 3. The molecule has 0 spiro atoms. The summed E-state index contributed by atoms with van der Waals surface area (Å²) in [4.78, 5) is 30.0. The zero-order valence-electron chi connectivity index (χ0n) is 25.2. The number of hydrogen-bond donors (Lipinski definition) is 1. The number of quaternary nitrogens is 1. The van der Waals surface area contributed by atoms with Gasteiger partial charge in [-0.05, 0) is 60.4 Å². The number of hydrogen-bond acceptors (Lipinski definition) is 7. The van der Waals surface area contributed by atoms with Gasteiger partial charge in [0.25, 0.3) is 5.91 Å². The van der Waals surface area contributed by atoms with E-state index in [4.69, 9.17) is 18.9 Å². The Labute approximate surface area is 257 Å². The van der Waals surface area contributed by atoms with E-state index in [1.54, 1.807) is 35.2 Å². The van der Waals surface area contributed by atoms with Crippen LogP contribution in [0.4, 0.5) is 0 Å². The minimum atomic E-state index is -0.853. The van der Waals surface area contributed by atoms with Gasteiger partial charge in [-0.3, -0.25) is 9.59 Å². The van der Waals surface area contributed by atoms with Crippen LogP contribution >= 0.6 is 0 Å². The standard InChI is InChI=1S/C35H38N2O7/c1-3-42-30-21-25(9-12-29(30)43-22-24-7-5-4-6-8-24)32-31(33(38)26-10-11-28-27(20-26)19-23(2)44-28)34(39)35(40)37(32)14-13-36-15-17-41-18-16-36/h4-12,20-21,23,32,38H,3,13-19,22H2,1-2H3. The number of likely N-dealkylation sites (tertiary alicyclic amines) is 1. The second-order valence-corrected chi connectivity index (χ2v) is 11.5. The summed E-state index contributed by atoms with van der Waals surface area (Å²) in [5.41, 5.74) is 2.88. The highest BCUT2D eigenvalue weighted by atomic mass is 16.5. The molecule has 3 heterocycles. The first-order chi connectivity index (χ1) is 21.4. The van der Waals surface area contributed by atoms with Gasteiger partial charge in [0, 0.05) is 12.0 Å². The van der Waals surface area contributed by atoms with Crippen LogP contribution in [0, 0.1) is 0 Å². The van der Waals surface area contributed by atoms with Gasteiger partial charge in [-0.2, -0.15) is 0 Å². The van der Waals surface area contributed by atoms with Gasteiger partial charge in [0.15, 0.2) is 11.5 Å². The molecule has 9 heteroatoms. The van der Waals surface area contributed by atoms with Crippen LogP contribution in [0.5, 0.6) is 17.2 Å². The van der Waals surface area contributed by atoms with E-state index in [0.717, 1.165) is 30.0 Å². The minimum Gasteiger partial charge on any atom is -0.872 e. The first-order valence-electron chi connectivity index (χ1n) is 15.3. The number of rotatable bonds is 10. The topological polar surface area (TPSA) is 102 Å². The van der Waals surface area contributed by atoms with Crippen molar-refractivity contribution in [3.8, 4) is 17.2 Å². The van der Waals surface area contributed by atoms with Gasteiger partial charge in [0.1, 0.15) is 31.5 Å². The SMILES string of the molecule is CCOc1cc(C2C(=C([O-])c3ccc4c(c3)CC(C)O4)C(=O)C(=O)N2CC[NH+]2CCOCC2)ccc1OCc1ccccc1. The molecule has 0 radical (unpaired) electrons. The third-order valence-corrected chi connectivity index (χ3v) is 8.41. The third kappa shape index (κ3) is 6.16. The molecular formula is C35H38N2O7. The van der Waals surface area contributed by atoms with Crippen molar-refractivity contribution in [2.75, 3.05) is 46.0 Å². The van der Waals surface area contributed by atoms with Crippen molar-refractivity contribution < 1.29 is 38.5 Å². The number of nitrogens with zero attached hydrogens (tertiary/aromatic N) is 1. The number of ether oxygens (including phenoxy) is 4. The summed E-state index contributed by atoms with van der Waals surface area (Å²) in [5, 5.41) is 14.1. The predicted octanol–water partition coefficient (Wildman–Crippen LogP) is 2.13. The normalized spacial score (nSPS) is 21.3. The molecule has 1 amide bonds. The van der Waals surface area contributed by atoms with Crippen molar-refractivity contribution >= 4 is 17.4 Å². The quantitative estimate of drug-likeness (QED) is 0.217. The predicted molar refractivity (Wildman–Crippen MR) is 161 cm³/mol. The number of morpholine rings is 1. The summed E-state index contributed by atoms with van der Waals surface area (Å²) >= 11 is 0. The zero-order valence-corrected chi connectivity index (χ0v) is 25.2. The number of fused-ring (bicyclic) bond motifs is 1. The molecule has 2 fully saturated rings. The summed E-state index contributed by atoms with van der Waals surface area (Å²) < 4.78 is 23.4. The number of nitrogens with one attached hydrogen (secondary N) is 1. The van der Waals surface area contributed by atoms with Crippen molar-refractivity contribution in [1.82, 2.24) is 4.90 Å². The van der Waals surface area contributed by atoms with E-state index in [0.29, 0.717) is 68.6 Å². The number of Topliss-reactive ketones (excluding diaryl/α,β-unsaturated/α-hetero) is 1. The van der Waals surface area contributed by atoms with E-state index in [1.165, 1.54) is 4.90 Å². The Kier molecular flexibility index (Phi) is 8.86. The largest absolute Gasteiger partial charge is 0.872 e. The molecule has 3 aromatic rings. The smallest absolute Gasteiger partial charge is 0.295 e. The summed E-state index contributed by atoms with van der Waals surface area (Å²) in [6.07, 6.45) is 0.696. The second kappa shape index (κ2) is 13.1. The van der Waals surface area contributed by atoms with Crippen molar-refractivity contribution in [2.24, 2.45) is 0 Å². The maximum atomic E-state index is 14.1. The van der Waals surface area contributed by atoms with Gasteiger partial charge in [-0.25, -0.2) is 0 Å². The molecule has 2 unspecified atom stereocenters. The Bertz CT molecular complexity index is 1550. The van der Waals surface area contributed by atoms with E-state index < -0.39 is 23.5 Å². The summed E-state index contributed by atoms with van der Waals surface area (Å²) in [7, 11) is 0. The van der Waals surface area contributed by atoms with Crippen molar-refractivity contribution in [2.45, 2.75) is 39.0 Å². The lowest BCUT2D eigenvalue weighted by Crippen LogP contribution is -3.14. The van der Waals surface area contributed by atoms with Crippen LogP contribution in [-0.4, -0.2) is 68.7 Å². The van der Waals surface area contributed by atoms with Gasteiger partial charge in [-0.1, -0.05) is 48.2 Å². The molecule has 2 saturated heterocycles. The average Bonchev–Trinajstić information content (AvgIpc) is 3.54. The summed E-state index contributed by atoms with van der Waals surface area (Å²) in [6, 6.07) is 19.6. The van der Waals surface area contributed by atoms with Crippen molar-refractivity contribution in [3.63, 3.8) is 0 Å². The van der Waals surface area contributed by atoms with E-state index in [-0.39, 0.29) is 11.7 Å². The van der Waals surface area contributed by atoms with Crippen LogP contribution in [0.1, 0.15) is 42.1 Å². The molecule has 6 rings (SSSR count). The monoisotopic (exact) mass is 598 g/mol. The molecule has 2 atom stereocenters. The fraction of sp³-hybridized carbons (Fsp3) is 0.371. The Hall–Kier alpha value is -4.34. The van der Waals surface area contributed by atoms with Crippen LogP contribution in [0.25, 0.3) is 5.76 Å². The van der Waals surface area contributed by atoms with Crippen LogP contribution in [0.15, 0.2) is 72.3 Å². The molecule has 9 nitrogen and oxygen atoms in total. The molecule has 3 aromatic carbocycles. The lowest BCUT2D eigenvalue weighted by Gasteiger charge is -2.30. The Morgan fingerprint density at radius 1 is 1.00 bits per heavy atom. The molecule has 1 N–H and O–H groups in total. The van der Waals surface area contributed by atoms with Gasteiger partial charge < -0.3 is 33.9 Å². The lowest BCUT2D eigenvalue weighted by molar-refractivity contribution is -0.907. The number of carbonyl (C=O) groups is 2. The number of ketones is 1. The Balaban J connectivity index is 1.37. The highest BCUT2D eigenvalue weighted by Gasteiger charge is 2.45. The molecule has 0 aliphatic carbocycles. The van der Waals surface area contributed by atoms with Crippen molar-refractivity contribution in [1.29, 1.82) is 0 Å². The zero-order chi connectivity index (χ0) is 30.6. The van der Waals surface area contributed by atoms with Gasteiger partial charge in [0.2, 0.25) is 5.78 Å². The maximum absolute atomic E-state index is 14.1. The number of carbonyl (C=O) groups excluding carboxylic acids is 2. The molecule has 230 valence electrons. The van der Waals surface area contributed by atoms with Crippen LogP contribution < -0.4 is 24.2 Å². The van der Waals surface area contributed by atoms with Gasteiger partial charge in [-0.15, -0.1) is 0 Å². The molecule has 44 heavy (non-hydrogen) atoms. The highest BCUT2D eigenvalue weighted by Crippen LogP contribution is 2.42. The summed E-state index contributed by atoms with van der Waals surface area (Å²) in [5.74, 6) is -0.0933. The molecule has 0 bridgehead atoms.